The summed E-state index contributed by atoms with van der Waals surface area (Å²) in [5.74, 6) is 1.62. The molecule has 0 aliphatic heterocycles. The van der Waals surface area contributed by atoms with Gasteiger partial charge in [0.15, 0.2) is 10.2 Å². The molecule has 26 heavy (non-hydrogen) atoms. The van der Waals surface area contributed by atoms with Crippen molar-refractivity contribution in [3.05, 3.63) is 41.7 Å². The van der Waals surface area contributed by atoms with Crippen molar-refractivity contribution in [1.29, 1.82) is 0 Å². The van der Waals surface area contributed by atoms with E-state index in [1.165, 1.54) is 28.7 Å². The molecule has 0 unspecified atom stereocenters. The van der Waals surface area contributed by atoms with Crippen LogP contribution in [-0.4, -0.2) is 27.0 Å². The van der Waals surface area contributed by atoms with Gasteiger partial charge in [0, 0.05) is 11.8 Å². The highest BCUT2D eigenvalue weighted by Crippen LogP contribution is 2.28. The van der Waals surface area contributed by atoms with Gasteiger partial charge in [-0.15, -0.1) is 10.2 Å². The van der Waals surface area contributed by atoms with Crippen molar-refractivity contribution in [2.75, 3.05) is 16.4 Å². The molecule has 2 aromatic heterocycles. The molecule has 136 valence electrons. The number of aryl methyl sites for hydroxylation is 1. The number of carbonyl (C=O) groups excluding carboxylic acids is 1. The Hall–Kier alpha value is -2.39. The Morgan fingerprint density at radius 3 is 2.69 bits per heavy atom. The number of nitrogens with one attached hydrogen (secondary N) is 2. The molecule has 3 rings (SSSR count). The summed E-state index contributed by atoms with van der Waals surface area (Å²) in [6.07, 6.45) is 0. The van der Waals surface area contributed by atoms with Crippen molar-refractivity contribution in [3.63, 3.8) is 0 Å². The lowest BCUT2D eigenvalue weighted by Crippen LogP contribution is -2.14. The predicted octanol–water partition coefficient (Wildman–Crippen LogP) is 4.43. The molecule has 0 radical (unpaired) electrons. The Kier molecular flexibility index (Phi) is 5.89. The first-order valence-electron chi connectivity index (χ1n) is 8.06. The van der Waals surface area contributed by atoms with Crippen LogP contribution in [0.4, 0.5) is 16.6 Å². The highest BCUT2D eigenvalue weighted by molar-refractivity contribution is 8.01. The molecule has 0 spiro atoms. The van der Waals surface area contributed by atoms with Gasteiger partial charge in [0.05, 0.1) is 5.75 Å². The summed E-state index contributed by atoms with van der Waals surface area (Å²) in [5, 5.41) is 18.5. The fraction of sp³-hybridized carbons (Fsp3) is 0.294. The Labute approximate surface area is 159 Å². The molecule has 0 aliphatic carbocycles. The Bertz CT molecular complexity index is 873. The SMILES string of the molecule is Cc1cc(NC(=O)CSc2nnc(Nc3ccc(C(C)C)cc3)s2)no1. The molecule has 2 heterocycles. The van der Waals surface area contributed by atoms with Crippen LogP contribution in [-0.2, 0) is 4.79 Å². The van der Waals surface area contributed by atoms with Crippen molar-refractivity contribution in [1.82, 2.24) is 15.4 Å². The molecule has 0 atom stereocenters. The third-order valence-electron chi connectivity index (χ3n) is 3.46. The lowest BCUT2D eigenvalue weighted by molar-refractivity contribution is -0.113. The number of anilines is 3. The van der Waals surface area contributed by atoms with E-state index in [0.717, 1.165) is 10.0 Å². The number of aromatic nitrogens is 3. The number of benzene rings is 1. The number of amides is 1. The number of thioether (sulfide) groups is 1. The molecule has 1 aromatic carbocycles. The zero-order chi connectivity index (χ0) is 18.5. The molecule has 7 nitrogen and oxygen atoms in total. The first-order valence-corrected chi connectivity index (χ1v) is 9.86. The van der Waals surface area contributed by atoms with Crippen LogP contribution in [0.5, 0.6) is 0 Å². The van der Waals surface area contributed by atoms with Gasteiger partial charge in [0.2, 0.25) is 11.0 Å². The third kappa shape index (κ3) is 5.06. The zero-order valence-electron chi connectivity index (χ0n) is 14.6. The fourth-order valence-electron chi connectivity index (χ4n) is 2.12. The highest BCUT2D eigenvalue weighted by Gasteiger charge is 2.10. The minimum absolute atomic E-state index is 0.169. The van der Waals surface area contributed by atoms with E-state index in [0.29, 0.717) is 22.6 Å². The number of hydrogen-bond donors (Lipinski definition) is 2. The fourth-order valence-corrected chi connectivity index (χ4v) is 3.70. The third-order valence-corrected chi connectivity index (χ3v) is 5.43. The molecule has 3 aromatic rings. The van der Waals surface area contributed by atoms with Gasteiger partial charge in [-0.25, -0.2) is 0 Å². The highest BCUT2D eigenvalue weighted by atomic mass is 32.2. The second-order valence-electron chi connectivity index (χ2n) is 5.93. The molecule has 0 fully saturated rings. The maximum atomic E-state index is 11.9. The molecule has 0 aliphatic rings. The standard InChI is InChI=1S/C17H19N5O2S2/c1-10(2)12-4-6-13(7-5-12)18-16-20-21-17(26-16)25-9-15(23)19-14-8-11(3)24-22-14/h4-8,10H,9H2,1-3H3,(H,18,20)(H,19,22,23). The largest absolute Gasteiger partial charge is 0.360 e. The number of hydrogen-bond acceptors (Lipinski definition) is 8. The van der Waals surface area contributed by atoms with Gasteiger partial charge in [-0.2, -0.15) is 0 Å². The van der Waals surface area contributed by atoms with Gasteiger partial charge in [-0.1, -0.05) is 54.2 Å². The zero-order valence-corrected chi connectivity index (χ0v) is 16.3. The molecule has 9 heteroatoms. The van der Waals surface area contributed by atoms with E-state index in [1.54, 1.807) is 13.0 Å². The first kappa shape index (κ1) is 18.4. The Morgan fingerprint density at radius 1 is 1.27 bits per heavy atom. The Balaban J connectivity index is 1.50. The van der Waals surface area contributed by atoms with Crippen molar-refractivity contribution < 1.29 is 9.32 Å². The van der Waals surface area contributed by atoms with Crippen molar-refractivity contribution >= 4 is 45.6 Å². The van der Waals surface area contributed by atoms with E-state index >= 15 is 0 Å². The molecule has 2 N–H and O–H groups in total. The van der Waals surface area contributed by atoms with Crippen LogP contribution in [0.3, 0.4) is 0 Å². The van der Waals surface area contributed by atoms with E-state index in [-0.39, 0.29) is 11.7 Å². The van der Waals surface area contributed by atoms with E-state index in [9.17, 15) is 4.79 Å². The van der Waals surface area contributed by atoms with E-state index in [1.807, 2.05) is 12.1 Å². The van der Waals surface area contributed by atoms with E-state index in [2.05, 4.69) is 52.0 Å². The molecular formula is C17H19N5O2S2. The first-order chi connectivity index (χ1) is 12.5. The number of nitrogens with zero attached hydrogens (tertiary/aromatic N) is 3. The van der Waals surface area contributed by atoms with Gasteiger partial charge < -0.3 is 15.2 Å². The summed E-state index contributed by atoms with van der Waals surface area (Å²) in [6.45, 7) is 6.09. The monoisotopic (exact) mass is 389 g/mol. The van der Waals surface area contributed by atoms with Gasteiger partial charge in [-0.05, 0) is 30.5 Å². The minimum Gasteiger partial charge on any atom is -0.360 e. The summed E-state index contributed by atoms with van der Waals surface area (Å²) in [4.78, 5) is 11.9. The topological polar surface area (TPSA) is 92.9 Å². The second-order valence-corrected chi connectivity index (χ2v) is 8.13. The van der Waals surface area contributed by atoms with Crippen molar-refractivity contribution in [2.24, 2.45) is 0 Å². The van der Waals surface area contributed by atoms with Crippen LogP contribution in [0.15, 0.2) is 39.2 Å². The van der Waals surface area contributed by atoms with Crippen molar-refractivity contribution in [3.8, 4) is 0 Å². The quantitative estimate of drug-likeness (QED) is 0.577. The summed E-state index contributed by atoms with van der Waals surface area (Å²) >= 11 is 2.73. The van der Waals surface area contributed by atoms with Gasteiger partial charge in [0.1, 0.15) is 5.76 Å². The maximum absolute atomic E-state index is 11.9. The number of rotatable bonds is 7. The van der Waals surface area contributed by atoms with Crippen LogP contribution in [0.2, 0.25) is 0 Å². The molecule has 0 bridgehead atoms. The summed E-state index contributed by atoms with van der Waals surface area (Å²) < 4.78 is 5.63. The van der Waals surface area contributed by atoms with E-state index in [4.69, 9.17) is 4.52 Å². The van der Waals surface area contributed by atoms with E-state index < -0.39 is 0 Å². The average Bonchev–Trinajstić information content (AvgIpc) is 3.22. The molecule has 0 saturated carbocycles. The second kappa shape index (κ2) is 8.33. The van der Waals surface area contributed by atoms with Crippen LogP contribution >= 0.6 is 23.1 Å². The summed E-state index contributed by atoms with van der Waals surface area (Å²) in [6, 6.07) is 9.91. The van der Waals surface area contributed by atoms with Crippen LogP contribution in [0.1, 0.15) is 31.1 Å². The van der Waals surface area contributed by atoms with Gasteiger partial charge in [0.25, 0.3) is 0 Å². The van der Waals surface area contributed by atoms with Crippen LogP contribution in [0.25, 0.3) is 0 Å². The normalized spacial score (nSPS) is 10.9. The van der Waals surface area contributed by atoms with Gasteiger partial charge >= 0.3 is 0 Å². The number of carbonyl (C=O) groups is 1. The lowest BCUT2D eigenvalue weighted by Gasteiger charge is -2.06. The summed E-state index contributed by atoms with van der Waals surface area (Å²) in [7, 11) is 0. The molecule has 1 amide bonds. The Morgan fingerprint density at radius 2 is 2.04 bits per heavy atom. The molecule has 0 saturated heterocycles. The average molecular weight is 390 g/mol. The lowest BCUT2D eigenvalue weighted by atomic mass is 10.0. The van der Waals surface area contributed by atoms with Crippen LogP contribution < -0.4 is 10.6 Å². The van der Waals surface area contributed by atoms with Gasteiger partial charge in [-0.3, -0.25) is 4.79 Å². The van der Waals surface area contributed by atoms with Crippen LogP contribution in [0, 0.1) is 6.92 Å². The predicted molar refractivity (Wildman–Crippen MR) is 104 cm³/mol. The van der Waals surface area contributed by atoms with Crippen molar-refractivity contribution in [2.45, 2.75) is 31.0 Å². The summed E-state index contributed by atoms with van der Waals surface area (Å²) in [5.41, 5.74) is 2.25. The maximum Gasteiger partial charge on any atom is 0.236 e. The minimum atomic E-state index is -0.169. The molecular weight excluding hydrogens is 370 g/mol. The smallest absolute Gasteiger partial charge is 0.236 e.